The van der Waals surface area contributed by atoms with Crippen LogP contribution in [-0.4, -0.2) is 24.0 Å². The Balaban J connectivity index is 0.00000162. The maximum atomic E-state index is 12.3. The van der Waals surface area contributed by atoms with E-state index in [-0.39, 0.29) is 42.7 Å². The molecule has 2 N–H and O–H groups in total. The van der Waals surface area contributed by atoms with E-state index in [9.17, 15) is 4.79 Å². The molecular weight excluding hydrogens is 285 g/mol. The van der Waals surface area contributed by atoms with Gasteiger partial charge in [-0.05, 0) is 31.4 Å². The lowest BCUT2D eigenvalue weighted by Gasteiger charge is -2.29. The third-order valence-corrected chi connectivity index (χ3v) is 3.43. The van der Waals surface area contributed by atoms with E-state index in [0.717, 1.165) is 31.4 Å². The molecule has 0 radical (unpaired) electrons. The predicted molar refractivity (Wildman–Crippen MR) is 82.1 cm³/mol. The number of rotatable bonds is 2. The summed E-state index contributed by atoms with van der Waals surface area (Å²) >= 11 is 0. The number of hydrogen-bond donors (Lipinski definition) is 1. The first-order valence-electron chi connectivity index (χ1n) is 6.11. The number of carbonyl (C=O) groups excluding carboxylic acids is 1. The molecule has 108 valence electrons. The van der Waals surface area contributed by atoms with Crippen LogP contribution in [0.25, 0.3) is 0 Å². The molecule has 1 aromatic heterocycles. The molecule has 6 heteroatoms. The number of hydrogen-bond acceptors (Lipinski definition) is 3. The molecule has 1 fully saturated rings. The number of carbonyl (C=O) groups is 1. The monoisotopic (exact) mass is 305 g/mol. The van der Waals surface area contributed by atoms with Crippen LogP contribution in [0.5, 0.6) is 0 Å². The molecule has 1 amide bonds. The van der Waals surface area contributed by atoms with Gasteiger partial charge in [-0.15, -0.1) is 24.8 Å². The molecule has 0 aromatic carbocycles. The van der Waals surface area contributed by atoms with Crippen LogP contribution in [-0.2, 0) is 4.79 Å². The van der Waals surface area contributed by atoms with E-state index in [1.54, 1.807) is 24.3 Å². The largest absolute Gasteiger partial charge is 0.328 e. The van der Waals surface area contributed by atoms with Gasteiger partial charge in [0.15, 0.2) is 0 Å². The molecule has 1 aliphatic rings. The molecule has 1 aliphatic carbocycles. The molecular formula is C13H21Cl2N3O. The van der Waals surface area contributed by atoms with Crippen LogP contribution in [0.1, 0.15) is 25.7 Å². The quantitative estimate of drug-likeness (QED) is 0.913. The Morgan fingerprint density at radius 3 is 2.74 bits per heavy atom. The Morgan fingerprint density at radius 2 is 2.16 bits per heavy atom. The molecule has 1 saturated carbocycles. The van der Waals surface area contributed by atoms with Gasteiger partial charge in [-0.25, -0.2) is 0 Å². The molecule has 0 bridgehead atoms. The zero-order valence-electron chi connectivity index (χ0n) is 11.0. The standard InChI is InChI=1S/C13H19N3O.2ClH/c1-16(12-6-3-7-15-9-12)13(17)10-4-2-5-11(14)8-10;;/h3,6-7,9-11H,2,4-5,8,14H2,1H3;2*1H. The van der Waals surface area contributed by atoms with E-state index in [0.29, 0.717) is 0 Å². The van der Waals surface area contributed by atoms with Gasteiger partial charge in [0.05, 0.1) is 11.9 Å². The molecule has 1 heterocycles. The van der Waals surface area contributed by atoms with Crippen molar-refractivity contribution in [3.05, 3.63) is 24.5 Å². The molecule has 0 saturated heterocycles. The van der Waals surface area contributed by atoms with Crippen LogP contribution in [0, 0.1) is 5.92 Å². The minimum atomic E-state index is 0. The van der Waals surface area contributed by atoms with Crippen LogP contribution >= 0.6 is 24.8 Å². The van der Waals surface area contributed by atoms with Gasteiger partial charge in [-0.1, -0.05) is 6.42 Å². The number of nitrogens with two attached hydrogens (primary N) is 1. The van der Waals surface area contributed by atoms with Crippen LogP contribution in [0.3, 0.4) is 0 Å². The lowest BCUT2D eigenvalue weighted by atomic mass is 9.85. The minimum Gasteiger partial charge on any atom is -0.328 e. The summed E-state index contributed by atoms with van der Waals surface area (Å²) < 4.78 is 0. The molecule has 2 rings (SSSR count). The number of pyridine rings is 1. The Kier molecular flexibility index (Phi) is 7.99. The highest BCUT2D eigenvalue weighted by molar-refractivity contribution is 5.94. The molecule has 2 atom stereocenters. The van der Waals surface area contributed by atoms with E-state index < -0.39 is 0 Å². The molecule has 19 heavy (non-hydrogen) atoms. The van der Waals surface area contributed by atoms with Crippen molar-refractivity contribution in [2.45, 2.75) is 31.7 Å². The van der Waals surface area contributed by atoms with Gasteiger partial charge >= 0.3 is 0 Å². The van der Waals surface area contributed by atoms with Crippen LogP contribution in [0.15, 0.2) is 24.5 Å². The highest BCUT2D eigenvalue weighted by atomic mass is 35.5. The summed E-state index contributed by atoms with van der Waals surface area (Å²) in [7, 11) is 1.81. The number of aromatic nitrogens is 1. The highest BCUT2D eigenvalue weighted by Crippen LogP contribution is 2.26. The zero-order valence-corrected chi connectivity index (χ0v) is 12.6. The van der Waals surface area contributed by atoms with E-state index in [4.69, 9.17) is 5.73 Å². The number of amides is 1. The van der Waals surface area contributed by atoms with Crippen molar-refractivity contribution in [3.8, 4) is 0 Å². The van der Waals surface area contributed by atoms with Crippen LogP contribution < -0.4 is 10.6 Å². The summed E-state index contributed by atoms with van der Waals surface area (Å²) in [5, 5.41) is 0. The van der Waals surface area contributed by atoms with Crippen molar-refractivity contribution < 1.29 is 4.79 Å². The summed E-state index contributed by atoms with van der Waals surface area (Å²) in [6, 6.07) is 3.92. The lowest BCUT2D eigenvalue weighted by Crippen LogP contribution is -2.38. The fraction of sp³-hybridized carbons (Fsp3) is 0.538. The van der Waals surface area contributed by atoms with E-state index in [2.05, 4.69) is 4.98 Å². The second kappa shape index (κ2) is 8.35. The first-order chi connectivity index (χ1) is 8.18. The summed E-state index contributed by atoms with van der Waals surface area (Å²) in [6.07, 6.45) is 7.28. The van der Waals surface area contributed by atoms with Gasteiger partial charge in [-0.2, -0.15) is 0 Å². The summed E-state index contributed by atoms with van der Waals surface area (Å²) in [4.78, 5) is 18.0. The van der Waals surface area contributed by atoms with Crippen molar-refractivity contribution in [1.82, 2.24) is 4.98 Å². The molecule has 1 aromatic rings. The maximum Gasteiger partial charge on any atom is 0.229 e. The van der Waals surface area contributed by atoms with Gasteiger partial charge in [0.2, 0.25) is 5.91 Å². The van der Waals surface area contributed by atoms with Crippen molar-refractivity contribution in [3.63, 3.8) is 0 Å². The van der Waals surface area contributed by atoms with E-state index >= 15 is 0 Å². The average molecular weight is 306 g/mol. The fourth-order valence-electron chi connectivity index (χ4n) is 2.41. The van der Waals surface area contributed by atoms with Gasteiger partial charge in [0, 0.05) is 25.2 Å². The second-order valence-corrected chi connectivity index (χ2v) is 4.73. The second-order valence-electron chi connectivity index (χ2n) is 4.73. The first kappa shape index (κ1) is 18.2. The number of anilines is 1. The van der Waals surface area contributed by atoms with Gasteiger partial charge < -0.3 is 10.6 Å². The zero-order chi connectivity index (χ0) is 12.3. The molecule has 2 unspecified atom stereocenters. The van der Waals surface area contributed by atoms with E-state index in [1.807, 2.05) is 12.1 Å². The Bertz CT molecular complexity index is 389. The Hall–Kier alpha value is -0.840. The van der Waals surface area contributed by atoms with Gasteiger partial charge in [0.25, 0.3) is 0 Å². The van der Waals surface area contributed by atoms with Crippen molar-refractivity contribution in [1.29, 1.82) is 0 Å². The fourth-order valence-corrected chi connectivity index (χ4v) is 2.41. The maximum absolute atomic E-state index is 12.3. The minimum absolute atomic E-state index is 0. The predicted octanol–water partition coefficient (Wildman–Crippen LogP) is 2.41. The van der Waals surface area contributed by atoms with Crippen LogP contribution in [0.2, 0.25) is 0 Å². The molecule has 4 nitrogen and oxygen atoms in total. The third kappa shape index (κ3) is 4.64. The summed E-state index contributed by atoms with van der Waals surface area (Å²) in [5.41, 5.74) is 6.76. The van der Waals surface area contributed by atoms with Crippen molar-refractivity contribution in [2.75, 3.05) is 11.9 Å². The number of halogens is 2. The Morgan fingerprint density at radius 1 is 1.42 bits per heavy atom. The highest BCUT2D eigenvalue weighted by Gasteiger charge is 2.27. The van der Waals surface area contributed by atoms with Crippen LogP contribution in [0.4, 0.5) is 5.69 Å². The van der Waals surface area contributed by atoms with Gasteiger partial charge in [-0.3, -0.25) is 9.78 Å². The molecule has 0 spiro atoms. The van der Waals surface area contributed by atoms with Crippen molar-refractivity contribution in [2.24, 2.45) is 11.7 Å². The topological polar surface area (TPSA) is 59.2 Å². The first-order valence-corrected chi connectivity index (χ1v) is 6.11. The third-order valence-electron chi connectivity index (χ3n) is 3.43. The van der Waals surface area contributed by atoms with E-state index in [1.165, 1.54) is 0 Å². The van der Waals surface area contributed by atoms with Gasteiger partial charge in [0.1, 0.15) is 0 Å². The lowest BCUT2D eigenvalue weighted by molar-refractivity contribution is -0.123. The normalized spacial score (nSPS) is 21.8. The SMILES string of the molecule is CN(C(=O)C1CCCC(N)C1)c1cccnc1.Cl.Cl. The smallest absolute Gasteiger partial charge is 0.229 e. The molecule has 0 aliphatic heterocycles. The number of nitrogens with zero attached hydrogens (tertiary/aromatic N) is 2. The summed E-state index contributed by atoms with van der Waals surface area (Å²) in [5.74, 6) is 0.233. The average Bonchev–Trinajstić information content (AvgIpc) is 2.38. The Labute approximate surface area is 126 Å². The van der Waals surface area contributed by atoms with Crippen molar-refractivity contribution >= 4 is 36.4 Å². The summed E-state index contributed by atoms with van der Waals surface area (Å²) in [6.45, 7) is 0.